The molecule has 2 heteroatoms. The van der Waals surface area contributed by atoms with Crippen LogP contribution < -0.4 is 0 Å². The third kappa shape index (κ3) is 3.26. The van der Waals surface area contributed by atoms with Crippen molar-refractivity contribution < 1.29 is 9.59 Å². The van der Waals surface area contributed by atoms with Gasteiger partial charge in [0.1, 0.15) is 5.78 Å². The van der Waals surface area contributed by atoms with E-state index >= 15 is 0 Å². The molecule has 17 heavy (non-hydrogen) atoms. The van der Waals surface area contributed by atoms with E-state index in [1.807, 2.05) is 30.3 Å². The zero-order valence-corrected chi connectivity index (χ0v) is 10.0. The van der Waals surface area contributed by atoms with E-state index in [1.165, 1.54) is 0 Å². The molecule has 0 unspecified atom stereocenters. The molecule has 90 valence electrons. The molecular weight excluding hydrogens is 212 g/mol. The maximum absolute atomic E-state index is 11.9. The van der Waals surface area contributed by atoms with Crippen LogP contribution in [0.25, 0.3) is 0 Å². The second-order valence-corrected chi connectivity index (χ2v) is 4.74. The SMILES string of the molecule is O=C(CC[C@@H]1CCCCC1=O)c1ccccc1. The third-order valence-electron chi connectivity index (χ3n) is 3.50. The first-order valence-electron chi connectivity index (χ1n) is 6.38. The maximum atomic E-state index is 11.9. The molecule has 1 aliphatic carbocycles. The summed E-state index contributed by atoms with van der Waals surface area (Å²) in [6.45, 7) is 0. The standard InChI is InChI=1S/C15H18O2/c16-14-9-5-4-8-13(14)10-11-15(17)12-6-2-1-3-7-12/h1-3,6-7,13H,4-5,8-11H2/t13-/m0/s1. The van der Waals surface area contributed by atoms with Gasteiger partial charge in [0.15, 0.2) is 5.78 Å². The molecule has 1 saturated carbocycles. The zero-order chi connectivity index (χ0) is 12.1. The Morgan fingerprint density at radius 1 is 1.18 bits per heavy atom. The number of carbonyl (C=O) groups excluding carboxylic acids is 2. The van der Waals surface area contributed by atoms with Gasteiger partial charge < -0.3 is 0 Å². The molecule has 1 aromatic rings. The zero-order valence-electron chi connectivity index (χ0n) is 10.0. The fourth-order valence-corrected chi connectivity index (χ4v) is 2.43. The molecule has 0 amide bonds. The van der Waals surface area contributed by atoms with Crippen LogP contribution in [0.1, 0.15) is 48.9 Å². The molecule has 0 aromatic heterocycles. The van der Waals surface area contributed by atoms with Crippen LogP contribution in [0, 0.1) is 5.92 Å². The predicted octanol–water partition coefficient (Wildman–Crippen LogP) is 3.41. The van der Waals surface area contributed by atoms with Crippen LogP contribution in [0.4, 0.5) is 0 Å². The van der Waals surface area contributed by atoms with Crippen molar-refractivity contribution in [2.45, 2.75) is 38.5 Å². The van der Waals surface area contributed by atoms with E-state index in [4.69, 9.17) is 0 Å². The summed E-state index contributed by atoms with van der Waals surface area (Å²) in [5.74, 6) is 0.650. The van der Waals surface area contributed by atoms with Gasteiger partial charge in [0, 0.05) is 24.3 Å². The van der Waals surface area contributed by atoms with Crippen LogP contribution in [0.3, 0.4) is 0 Å². The lowest BCUT2D eigenvalue weighted by Crippen LogP contribution is -2.19. The van der Waals surface area contributed by atoms with Gasteiger partial charge in [-0.3, -0.25) is 9.59 Å². The van der Waals surface area contributed by atoms with Crippen LogP contribution >= 0.6 is 0 Å². The molecule has 0 saturated heterocycles. The topological polar surface area (TPSA) is 34.1 Å². The minimum absolute atomic E-state index is 0.136. The highest BCUT2D eigenvalue weighted by Gasteiger charge is 2.22. The molecule has 1 fully saturated rings. The lowest BCUT2D eigenvalue weighted by molar-refractivity contribution is -0.124. The number of benzene rings is 1. The van der Waals surface area contributed by atoms with Gasteiger partial charge in [-0.2, -0.15) is 0 Å². The summed E-state index contributed by atoms with van der Waals surface area (Å²) in [6.07, 6.45) is 5.08. The van der Waals surface area contributed by atoms with E-state index in [0.717, 1.165) is 31.2 Å². The predicted molar refractivity (Wildman–Crippen MR) is 67.0 cm³/mol. The van der Waals surface area contributed by atoms with Crippen molar-refractivity contribution in [3.8, 4) is 0 Å². The second-order valence-electron chi connectivity index (χ2n) is 4.74. The van der Waals surface area contributed by atoms with Crippen molar-refractivity contribution in [3.05, 3.63) is 35.9 Å². The Balaban J connectivity index is 1.86. The molecule has 0 aliphatic heterocycles. The molecule has 0 spiro atoms. The minimum Gasteiger partial charge on any atom is -0.299 e. The Labute approximate surface area is 102 Å². The van der Waals surface area contributed by atoms with E-state index in [1.54, 1.807) is 0 Å². The number of Topliss-reactive ketones (excluding diaryl/α,β-unsaturated/α-hetero) is 2. The van der Waals surface area contributed by atoms with Gasteiger partial charge in [0.05, 0.1) is 0 Å². The molecule has 0 radical (unpaired) electrons. The highest BCUT2D eigenvalue weighted by molar-refractivity contribution is 5.96. The summed E-state index contributed by atoms with van der Waals surface area (Å²) >= 11 is 0. The van der Waals surface area contributed by atoms with Crippen LogP contribution in [0.5, 0.6) is 0 Å². The Morgan fingerprint density at radius 2 is 1.94 bits per heavy atom. The molecule has 2 rings (SSSR count). The molecule has 1 atom stereocenters. The minimum atomic E-state index is 0.136. The van der Waals surface area contributed by atoms with Crippen molar-refractivity contribution in [1.82, 2.24) is 0 Å². The molecule has 1 aliphatic rings. The molecule has 0 heterocycles. The van der Waals surface area contributed by atoms with E-state index in [0.29, 0.717) is 18.6 Å². The highest BCUT2D eigenvalue weighted by atomic mass is 16.1. The van der Waals surface area contributed by atoms with Gasteiger partial charge >= 0.3 is 0 Å². The Kier molecular flexibility index (Phi) is 4.08. The van der Waals surface area contributed by atoms with Gasteiger partial charge in [0.25, 0.3) is 0 Å². The fraction of sp³-hybridized carbons (Fsp3) is 0.467. The summed E-state index contributed by atoms with van der Waals surface area (Å²) in [5.41, 5.74) is 0.760. The summed E-state index contributed by atoms with van der Waals surface area (Å²) in [7, 11) is 0. The van der Waals surface area contributed by atoms with Crippen molar-refractivity contribution in [2.24, 2.45) is 5.92 Å². The normalized spacial score (nSPS) is 20.2. The lowest BCUT2D eigenvalue weighted by atomic mass is 9.84. The lowest BCUT2D eigenvalue weighted by Gasteiger charge is -2.19. The molecular formula is C15H18O2. The van der Waals surface area contributed by atoms with Gasteiger partial charge in [-0.15, -0.1) is 0 Å². The van der Waals surface area contributed by atoms with Crippen molar-refractivity contribution in [2.75, 3.05) is 0 Å². The summed E-state index contributed by atoms with van der Waals surface area (Å²) in [5, 5.41) is 0. The third-order valence-corrected chi connectivity index (χ3v) is 3.50. The number of rotatable bonds is 4. The molecule has 0 bridgehead atoms. The van der Waals surface area contributed by atoms with E-state index in [-0.39, 0.29) is 11.7 Å². The number of ketones is 2. The Hall–Kier alpha value is -1.44. The van der Waals surface area contributed by atoms with Crippen LogP contribution in [0.2, 0.25) is 0 Å². The van der Waals surface area contributed by atoms with Crippen LogP contribution in [-0.2, 0) is 4.79 Å². The van der Waals surface area contributed by atoms with E-state index in [2.05, 4.69) is 0 Å². The fourth-order valence-electron chi connectivity index (χ4n) is 2.43. The molecule has 2 nitrogen and oxygen atoms in total. The first-order chi connectivity index (χ1) is 8.27. The van der Waals surface area contributed by atoms with Gasteiger partial charge in [-0.25, -0.2) is 0 Å². The van der Waals surface area contributed by atoms with Gasteiger partial charge in [0.2, 0.25) is 0 Å². The second kappa shape index (κ2) is 5.76. The summed E-state index contributed by atoms with van der Waals surface area (Å²) in [4.78, 5) is 23.5. The molecule has 0 N–H and O–H groups in total. The average Bonchev–Trinajstić information content (AvgIpc) is 2.38. The monoisotopic (exact) mass is 230 g/mol. The average molecular weight is 230 g/mol. The van der Waals surface area contributed by atoms with E-state index < -0.39 is 0 Å². The first-order valence-corrected chi connectivity index (χ1v) is 6.38. The largest absolute Gasteiger partial charge is 0.299 e. The van der Waals surface area contributed by atoms with E-state index in [9.17, 15) is 9.59 Å². The Morgan fingerprint density at radius 3 is 2.65 bits per heavy atom. The summed E-state index contributed by atoms with van der Waals surface area (Å²) < 4.78 is 0. The number of hydrogen-bond acceptors (Lipinski definition) is 2. The van der Waals surface area contributed by atoms with Gasteiger partial charge in [-0.1, -0.05) is 36.8 Å². The number of hydrogen-bond donors (Lipinski definition) is 0. The van der Waals surface area contributed by atoms with Crippen molar-refractivity contribution in [1.29, 1.82) is 0 Å². The Bertz CT molecular complexity index is 395. The quantitative estimate of drug-likeness (QED) is 0.743. The number of carbonyl (C=O) groups is 2. The highest BCUT2D eigenvalue weighted by Crippen LogP contribution is 2.25. The molecule has 1 aromatic carbocycles. The smallest absolute Gasteiger partial charge is 0.162 e. The first kappa shape index (κ1) is 12.0. The summed E-state index contributed by atoms with van der Waals surface area (Å²) in [6, 6.07) is 9.33. The van der Waals surface area contributed by atoms with Crippen LogP contribution in [0.15, 0.2) is 30.3 Å². The maximum Gasteiger partial charge on any atom is 0.162 e. The van der Waals surface area contributed by atoms with Crippen molar-refractivity contribution >= 4 is 11.6 Å². The van der Waals surface area contributed by atoms with Gasteiger partial charge in [-0.05, 0) is 19.3 Å². The van der Waals surface area contributed by atoms with Crippen molar-refractivity contribution in [3.63, 3.8) is 0 Å². The van der Waals surface area contributed by atoms with Crippen LogP contribution in [-0.4, -0.2) is 11.6 Å².